The second kappa shape index (κ2) is 5.74. The Balaban J connectivity index is 2.26. The molecule has 0 saturated heterocycles. The van der Waals surface area contributed by atoms with Gasteiger partial charge in [-0.25, -0.2) is 9.18 Å². The first-order chi connectivity index (χ1) is 9.51. The Morgan fingerprint density at radius 1 is 1.15 bits per heavy atom. The first-order valence-electron chi connectivity index (χ1n) is 6.31. The van der Waals surface area contributed by atoms with Gasteiger partial charge in [0, 0.05) is 6.42 Å². The number of benzene rings is 2. The molecule has 4 heteroatoms. The number of rotatable bonds is 5. The van der Waals surface area contributed by atoms with Crippen LogP contribution in [0.3, 0.4) is 0 Å². The fraction of sp³-hybridized carbons (Fsp3) is 0.188. The van der Waals surface area contributed by atoms with Gasteiger partial charge in [-0.05, 0) is 24.6 Å². The van der Waals surface area contributed by atoms with Crippen LogP contribution in [0.1, 0.15) is 12.5 Å². The number of halogens is 1. The second-order valence-corrected chi connectivity index (χ2v) is 4.90. The van der Waals surface area contributed by atoms with Crippen LogP contribution in [0.15, 0.2) is 54.6 Å². The molecule has 0 aliphatic carbocycles. The molecule has 0 spiro atoms. The maximum atomic E-state index is 13.7. The molecule has 1 unspecified atom stereocenters. The molecule has 0 fully saturated rings. The maximum absolute atomic E-state index is 13.7. The highest BCUT2D eigenvalue weighted by atomic mass is 19.1. The molecule has 0 aliphatic rings. The van der Waals surface area contributed by atoms with Crippen LogP contribution in [-0.4, -0.2) is 16.6 Å². The third-order valence-corrected chi connectivity index (χ3v) is 3.16. The topological polar surface area (TPSA) is 49.3 Å². The number of carbonyl (C=O) groups is 1. The zero-order valence-corrected chi connectivity index (χ0v) is 11.1. The average molecular weight is 273 g/mol. The molecular formula is C16H16FNO2. The Kier molecular flexibility index (Phi) is 4.03. The highest BCUT2D eigenvalue weighted by Crippen LogP contribution is 2.22. The van der Waals surface area contributed by atoms with Gasteiger partial charge < -0.3 is 10.4 Å². The molecule has 0 saturated carbocycles. The van der Waals surface area contributed by atoms with E-state index in [0.717, 1.165) is 5.56 Å². The summed E-state index contributed by atoms with van der Waals surface area (Å²) in [7, 11) is 0. The number of carboxylic acid groups (broad SMARTS) is 1. The zero-order chi connectivity index (χ0) is 14.6. The van der Waals surface area contributed by atoms with Gasteiger partial charge in [0.25, 0.3) is 0 Å². The van der Waals surface area contributed by atoms with Crippen LogP contribution in [0.25, 0.3) is 0 Å². The Morgan fingerprint density at radius 3 is 2.35 bits per heavy atom. The summed E-state index contributed by atoms with van der Waals surface area (Å²) in [5.74, 6) is -1.49. The SMILES string of the molecule is CC(Cc1ccccc1)(Nc1ccccc1F)C(=O)O. The van der Waals surface area contributed by atoms with E-state index >= 15 is 0 Å². The molecule has 104 valence electrons. The van der Waals surface area contributed by atoms with Crippen LogP contribution in [0, 0.1) is 5.82 Å². The van der Waals surface area contributed by atoms with Gasteiger partial charge in [-0.2, -0.15) is 0 Å². The van der Waals surface area contributed by atoms with Crippen molar-refractivity contribution in [1.82, 2.24) is 0 Å². The van der Waals surface area contributed by atoms with E-state index in [2.05, 4.69) is 5.32 Å². The van der Waals surface area contributed by atoms with Gasteiger partial charge >= 0.3 is 5.97 Å². The molecule has 2 rings (SSSR count). The molecule has 0 bridgehead atoms. The summed E-state index contributed by atoms with van der Waals surface area (Å²) in [5.41, 5.74) is -0.210. The molecule has 0 heterocycles. The zero-order valence-electron chi connectivity index (χ0n) is 11.1. The van der Waals surface area contributed by atoms with Crippen molar-refractivity contribution in [3.8, 4) is 0 Å². The third-order valence-electron chi connectivity index (χ3n) is 3.16. The highest BCUT2D eigenvalue weighted by molar-refractivity contribution is 5.82. The normalized spacial score (nSPS) is 13.5. The van der Waals surface area contributed by atoms with Crippen molar-refractivity contribution >= 4 is 11.7 Å². The molecule has 0 amide bonds. The first kappa shape index (κ1) is 14.1. The number of hydrogen-bond donors (Lipinski definition) is 2. The number of aliphatic carboxylic acids is 1. The van der Waals surface area contributed by atoms with Gasteiger partial charge in [0.1, 0.15) is 11.4 Å². The van der Waals surface area contributed by atoms with Crippen molar-refractivity contribution in [2.75, 3.05) is 5.32 Å². The van der Waals surface area contributed by atoms with E-state index in [4.69, 9.17) is 0 Å². The number of carboxylic acids is 1. The maximum Gasteiger partial charge on any atom is 0.329 e. The summed E-state index contributed by atoms with van der Waals surface area (Å²) < 4.78 is 13.7. The van der Waals surface area contributed by atoms with E-state index in [1.807, 2.05) is 30.3 Å². The van der Waals surface area contributed by atoms with Gasteiger partial charge in [0.15, 0.2) is 0 Å². The van der Waals surface area contributed by atoms with Crippen molar-refractivity contribution in [2.45, 2.75) is 18.9 Å². The van der Waals surface area contributed by atoms with E-state index in [9.17, 15) is 14.3 Å². The number of anilines is 1. The molecule has 3 nitrogen and oxygen atoms in total. The quantitative estimate of drug-likeness (QED) is 0.878. The molecule has 20 heavy (non-hydrogen) atoms. The smallest absolute Gasteiger partial charge is 0.329 e. The van der Waals surface area contributed by atoms with Gasteiger partial charge in [0.2, 0.25) is 0 Å². The summed E-state index contributed by atoms with van der Waals surface area (Å²) in [6.45, 7) is 1.55. The van der Waals surface area contributed by atoms with Crippen molar-refractivity contribution in [1.29, 1.82) is 0 Å². The van der Waals surface area contributed by atoms with Crippen LogP contribution in [0.5, 0.6) is 0 Å². The second-order valence-electron chi connectivity index (χ2n) is 4.90. The largest absolute Gasteiger partial charge is 0.480 e. The Morgan fingerprint density at radius 2 is 1.75 bits per heavy atom. The Hall–Kier alpha value is -2.36. The van der Waals surface area contributed by atoms with E-state index in [1.54, 1.807) is 19.1 Å². The fourth-order valence-corrected chi connectivity index (χ4v) is 2.04. The monoisotopic (exact) mass is 273 g/mol. The van der Waals surface area contributed by atoms with Crippen LogP contribution in [-0.2, 0) is 11.2 Å². The van der Waals surface area contributed by atoms with E-state index in [-0.39, 0.29) is 12.1 Å². The van der Waals surface area contributed by atoms with Crippen molar-refractivity contribution in [3.63, 3.8) is 0 Å². The number of para-hydroxylation sites is 1. The Bertz CT molecular complexity index is 600. The Labute approximate surface area is 117 Å². The number of hydrogen-bond acceptors (Lipinski definition) is 2. The van der Waals surface area contributed by atoms with Gasteiger partial charge in [-0.15, -0.1) is 0 Å². The average Bonchev–Trinajstić information content (AvgIpc) is 2.42. The lowest BCUT2D eigenvalue weighted by Crippen LogP contribution is -2.45. The summed E-state index contributed by atoms with van der Waals surface area (Å²) in [4.78, 5) is 11.6. The summed E-state index contributed by atoms with van der Waals surface area (Å²) in [5, 5.41) is 12.3. The minimum Gasteiger partial charge on any atom is -0.480 e. The van der Waals surface area contributed by atoms with Crippen molar-refractivity contribution in [3.05, 3.63) is 66.0 Å². The predicted molar refractivity (Wildman–Crippen MR) is 76.2 cm³/mol. The lowest BCUT2D eigenvalue weighted by molar-refractivity contribution is -0.141. The summed E-state index contributed by atoms with van der Waals surface area (Å²) in [6, 6.07) is 15.3. The van der Waals surface area contributed by atoms with Crippen LogP contribution in [0.2, 0.25) is 0 Å². The molecule has 2 N–H and O–H groups in total. The molecule has 0 aliphatic heterocycles. The summed E-state index contributed by atoms with van der Waals surface area (Å²) in [6.07, 6.45) is 0.261. The van der Waals surface area contributed by atoms with E-state index < -0.39 is 17.3 Å². The van der Waals surface area contributed by atoms with Crippen LogP contribution >= 0.6 is 0 Å². The summed E-state index contributed by atoms with van der Waals surface area (Å²) >= 11 is 0. The van der Waals surface area contributed by atoms with Gasteiger partial charge in [-0.1, -0.05) is 42.5 Å². The lowest BCUT2D eigenvalue weighted by atomic mass is 9.92. The minimum atomic E-state index is -1.27. The fourth-order valence-electron chi connectivity index (χ4n) is 2.04. The van der Waals surface area contributed by atoms with Gasteiger partial charge in [0.05, 0.1) is 5.69 Å². The molecule has 2 aromatic carbocycles. The van der Waals surface area contributed by atoms with E-state index in [0.29, 0.717) is 0 Å². The van der Waals surface area contributed by atoms with Crippen molar-refractivity contribution in [2.24, 2.45) is 0 Å². The molecule has 2 aromatic rings. The first-order valence-corrected chi connectivity index (χ1v) is 6.31. The standard InChI is InChI=1S/C16H16FNO2/c1-16(15(19)20,11-12-7-3-2-4-8-12)18-14-10-6-5-9-13(14)17/h2-10,18H,11H2,1H3,(H,19,20). The van der Waals surface area contributed by atoms with Crippen LogP contribution in [0.4, 0.5) is 10.1 Å². The molecular weight excluding hydrogens is 257 g/mol. The van der Waals surface area contributed by atoms with E-state index in [1.165, 1.54) is 12.1 Å². The lowest BCUT2D eigenvalue weighted by Gasteiger charge is -2.27. The number of nitrogens with one attached hydrogen (secondary N) is 1. The third kappa shape index (κ3) is 3.15. The molecule has 1 atom stereocenters. The van der Waals surface area contributed by atoms with Crippen molar-refractivity contribution < 1.29 is 14.3 Å². The van der Waals surface area contributed by atoms with Gasteiger partial charge in [-0.3, -0.25) is 0 Å². The minimum absolute atomic E-state index is 0.188. The van der Waals surface area contributed by atoms with Crippen LogP contribution < -0.4 is 5.32 Å². The highest BCUT2D eigenvalue weighted by Gasteiger charge is 2.33. The molecule has 0 aromatic heterocycles. The predicted octanol–water partition coefficient (Wildman–Crippen LogP) is 3.32. The molecule has 0 radical (unpaired) electrons.